The highest BCUT2D eigenvalue weighted by Crippen LogP contribution is 2.49. The Morgan fingerprint density at radius 3 is 2.52 bits per heavy atom. The number of likely N-dealkylation sites (N-methyl/N-ethyl adjacent to an activating group) is 1. The lowest BCUT2D eigenvalue weighted by atomic mass is 10.0. The molecule has 8 nitrogen and oxygen atoms in total. The number of hydrogen-bond donors (Lipinski definition) is 1. The van der Waals surface area contributed by atoms with E-state index in [1.54, 1.807) is 6.07 Å². The minimum atomic E-state index is -0.412. The number of azo groups is 1. The van der Waals surface area contributed by atoms with Gasteiger partial charge in [0.25, 0.3) is 0 Å². The topological polar surface area (TPSA) is 80.6 Å². The summed E-state index contributed by atoms with van der Waals surface area (Å²) in [4.78, 5) is 32.7. The summed E-state index contributed by atoms with van der Waals surface area (Å²) < 4.78 is 0. The van der Waals surface area contributed by atoms with Crippen LogP contribution in [0.5, 0.6) is 0 Å². The SMILES string of the molecule is CN1CCN(CC(=O)Nc2cccc3c2C(=O)C2=C(c4ccc(N(C)C)cc4)N=NC23)CC1. The Morgan fingerprint density at radius 1 is 1.09 bits per heavy atom. The Balaban J connectivity index is 1.39. The van der Waals surface area contributed by atoms with E-state index in [0.717, 1.165) is 43.0 Å². The molecule has 1 amide bonds. The van der Waals surface area contributed by atoms with Gasteiger partial charge in [0.1, 0.15) is 11.7 Å². The van der Waals surface area contributed by atoms with Crippen LogP contribution in [-0.2, 0) is 4.79 Å². The summed E-state index contributed by atoms with van der Waals surface area (Å²) in [6.45, 7) is 3.94. The molecule has 1 N–H and O–H groups in total. The van der Waals surface area contributed by atoms with Gasteiger partial charge in [-0.25, -0.2) is 0 Å². The van der Waals surface area contributed by atoms with Crippen molar-refractivity contribution in [2.24, 2.45) is 10.2 Å². The number of anilines is 2. The number of nitrogens with zero attached hydrogens (tertiary/aromatic N) is 5. The second-order valence-corrected chi connectivity index (χ2v) is 9.05. The van der Waals surface area contributed by atoms with E-state index < -0.39 is 6.04 Å². The summed E-state index contributed by atoms with van der Waals surface area (Å²) in [5.41, 5.74) is 5.02. The van der Waals surface area contributed by atoms with Gasteiger partial charge in [-0.3, -0.25) is 14.5 Å². The van der Waals surface area contributed by atoms with Crippen molar-refractivity contribution >= 4 is 28.8 Å². The van der Waals surface area contributed by atoms with E-state index in [1.165, 1.54) is 0 Å². The van der Waals surface area contributed by atoms with Gasteiger partial charge < -0.3 is 15.1 Å². The van der Waals surface area contributed by atoms with Gasteiger partial charge in [-0.05, 0) is 30.8 Å². The summed E-state index contributed by atoms with van der Waals surface area (Å²) in [6, 6.07) is 13.1. The highest BCUT2D eigenvalue weighted by molar-refractivity contribution is 6.22. The van der Waals surface area contributed by atoms with Gasteiger partial charge in [-0.1, -0.05) is 24.3 Å². The van der Waals surface area contributed by atoms with E-state index in [0.29, 0.717) is 29.1 Å². The fourth-order valence-electron chi connectivity index (χ4n) is 4.63. The molecule has 1 unspecified atom stereocenters. The molecule has 2 aromatic rings. The summed E-state index contributed by atoms with van der Waals surface area (Å²) in [5, 5.41) is 11.8. The zero-order valence-electron chi connectivity index (χ0n) is 19.2. The van der Waals surface area contributed by atoms with Crippen LogP contribution in [0.2, 0.25) is 0 Å². The molecule has 2 heterocycles. The van der Waals surface area contributed by atoms with Gasteiger partial charge in [0.15, 0.2) is 5.78 Å². The van der Waals surface area contributed by atoms with Crippen LogP contribution in [0.25, 0.3) is 5.70 Å². The molecule has 1 saturated heterocycles. The lowest BCUT2D eigenvalue weighted by Crippen LogP contribution is -2.47. The van der Waals surface area contributed by atoms with Gasteiger partial charge in [0.05, 0.1) is 23.4 Å². The van der Waals surface area contributed by atoms with Crippen molar-refractivity contribution in [3.8, 4) is 0 Å². The molecular weight excluding hydrogens is 416 g/mol. The van der Waals surface area contributed by atoms with E-state index in [2.05, 4.69) is 32.4 Å². The van der Waals surface area contributed by atoms with Crippen molar-refractivity contribution in [2.45, 2.75) is 6.04 Å². The minimum Gasteiger partial charge on any atom is -0.378 e. The number of fused-ring (bicyclic) bond motifs is 3. The van der Waals surface area contributed by atoms with Crippen molar-refractivity contribution in [1.82, 2.24) is 9.80 Å². The maximum atomic E-state index is 13.5. The molecule has 0 aromatic heterocycles. The summed E-state index contributed by atoms with van der Waals surface area (Å²) in [7, 11) is 6.06. The van der Waals surface area contributed by atoms with E-state index in [4.69, 9.17) is 0 Å². The number of amides is 1. The molecule has 0 spiro atoms. The summed E-state index contributed by atoms with van der Waals surface area (Å²) in [5.74, 6) is -0.213. The smallest absolute Gasteiger partial charge is 0.238 e. The quantitative estimate of drug-likeness (QED) is 0.767. The van der Waals surface area contributed by atoms with E-state index >= 15 is 0 Å². The third-order valence-corrected chi connectivity index (χ3v) is 6.56. The molecule has 1 aliphatic carbocycles. The van der Waals surface area contributed by atoms with Crippen LogP contribution < -0.4 is 10.2 Å². The zero-order chi connectivity index (χ0) is 23.1. The molecule has 2 aliphatic heterocycles. The predicted molar refractivity (Wildman–Crippen MR) is 129 cm³/mol. The standard InChI is InChI=1S/C25H28N6O2/c1-29(2)17-9-7-16(8-10-17)23-22-24(28-27-23)18-5-4-6-19(21(18)25(22)33)26-20(32)15-31-13-11-30(3)12-14-31/h4-10,24H,11-15H2,1-3H3,(H,26,32). The average Bonchev–Trinajstić information content (AvgIpc) is 3.36. The fourth-order valence-corrected chi connectivity index (χ4v) is 4.63. The van der Waals surface area contributed by atoms with Crippen LogP contribution >= 0.6 is 0 Å². The maximum absolute atomic E-state index is 13.5. The Kier molecular flexibility index (Phi) is 5.55. The first kappa shape index (κ1) is 21.5. The Labute approximate surface area is 193 Å². The summed E-state index contributed by atoms with van der Waals surface area (Å²) >= 11 is 0. The molecule has 3 aliphatic rings. The van der Waals surface area contributed by atoms with Gasteiger partial charge in [-0.15, -0.1) is 0 Å². The van der Waals surface area contributed by atoms with Crippen molar-refractivity contribution in [3.05, 3.63) is 64.7 Å². The normalized spacial score (nSPS) is 20.2. The molecule has 2 aromatic carbocycles. The third-order valence-electron chi connectivity index (χ3n) is 6.56. The lowest BCUT2D eigenvalue weighted by molar-refractivity contribution is -0.117. The Bertz CT molecular complexity index is 1160. The second kappa shape index (κ2) is 8.53. The maximum Gasteiger partial charge on any atom is 0.238 e. The Hall–Kier alpha value is -3.36. The predicted octanol–water partition coefficient (Wildman–Crippen LogP) is 3.05. The fraction of sp³-hybridized carbons (Fsp3) is 0.360. The van der Waals surface area contributed by atoms with E-state index in [1.807, 2.05) is 55.4 Å². The largest absolute Gasteiger partial charge is 0.378 e. The van der Waals surface area contributed by atoms with Gasteiger partial charge in [-0.2, -0.15) is 10.2 Å². The van der Waals surface area contributed by atoms with E-state index in [-0.39, 0.29) is 11.7 Å². The molecule has 1 atom stereocenters. The minimum absolute atomic E-state index is 0.104. The first-order valence-electron chi connectivity index (χ1n) is 11.2. The van der Waals surface area contributed by atoms with Crippen LogP contribution in [0.15, 0.2) is 58.3 Å². The van der Waals surface area contributed by atoms with E-state index in [9.17, 15) is 9.59 Å². The zero-order valence-corrected chi connectivity index (χ0v) is 19.2. The van der Waals surface area contributed by atoms with Crippen LogP contribution in [0.1, 0.15) is 27.5 Å². The molecule has 8 heteroatoms. The molecule has 5 rings (SSSR count). The molecular formula is C25H28N6O2. The lowest BCUT2D eigenvalue weighted by Gasteiger charge is -2.31. The first-order valence-corrected chi connectivity index (χ1v) is 11.2. The molecule has 1 fully saturated rings. The van der Waals surface area contributed by atoms with Gasteiger partial charge in [0, 0.05) is 51.5 Å². The number of benzene rings is 2. The molecule has 170 valence electrons. The third kappa shape index (κ3) is 3.96. The summed E-state index contributed by atoms with van der Waals surface area (Å²) in [6.07, 6.45) is 0. The number of Topliss-reactive ketones (excluding diaryl/α,β-unsaturated/α-hetero) is 1. The van der Waals surface area contributed by atoms with Crippen LogP contribution in [-0.4, -0.2) is 75.4 Å². The number of piperazine rings is 1. The molecule has 33 heavy (non-hydrogen) atoms. The molecule has 0 bridgehead atoms. The number of ketones is 1. The highest BCUT2D eigenvalue weighted by Gasteiger charge is 2.42. The van der Waals surface area contributed by atoms with Crippen molar-refractivity contribution in [1.29, 1.82) is 0 Å². The van der Waals surface area contributed by atoms with Gasteiger partial charge >= 0.3 is 0 Å². The average molecular weight is 445 g/mol. The first-order chi connectivity index (χ1) is 15.9. The second-order valence-electron chi connectivity index (χ2n) is 9.05. The van der Waals surface area contributed by atoms with Crippen molar-refractivity contribution < 1.29 is 9.59 Å². The van der Waals surface area contributed by atoms with Gasteiger partial charge in [0.2, 0.25) is 5.91 Å². The molecule has 0 saturated carbocycles. The number of carbonyl (C=O) groups is 2. The number of hydrogen-bond acceptors (Lipinski definition) is 7. The van der Waals surface area contributed by atoms with Crippen LogP contribution in [0, 0.1) is 0 Å². The Morgan fingerprint density at radius 2 is 1.82 bits per heavy atom. The monoisotopic (exact) mass is 444 g/mol. The number of rotatable bonds is 5. The number of nitrogens with one attached hydrogen (secondary N) is 1. The van der Waals surface area contributed by atoms with Crippen LogP contribution in [0.4, 0.5) is 11.4 Å². The molecule has 0 radical (unpaired) electrons. The number of carbonyl (C=O) groups excluding carboxylic acids is 2. The van der Waals surface area contributed by atoms with Crippen molar-refractivity contribution in [2.75, 3.05) is 64.1 Å². The van der Waals surface area contributed by atoms with Crippen LogP contribution in [0.3, 0.4) is 0 Å². The van der Waals surface area contributed by atoms with Crippen molar-refractivity contribution in [3.63, 3.8) is 0 Å². The highest BCUT2D eigenvalue weighted by atomic mass is 16.2.